The Labute approximate surface area is 312 Å². The number of hydrogen-bond donors (Lipinski definition) is 1. The highest BCUT2D eigenvalue weighted by Crippen LogP contribution is 2.48. The lowest BCUT2D eigenvalue weighted by molar-refractivity contribution is -0.137. The number of hydrogen-bond acceptors (Lipinski definition) is 11. The van der Waals surface area contributed by atoms with Gasteiger partial charge in [0.2, 0.25) is 0 Å². The zero-order chi connectivity index (χ0) is 38.1. The number of benzene rings is 2. The van der Waals surface area contributed by atoms with Crippen LogP contribution in [0.25, 0.3) is 32.1 Å². The first-order valence-corrected chi connectivity index (χ1v) is 19.0. The molecule has 18 heteroatoms. The Hall–Kier alpha value is -4.73. The number of fused-ring (bicyclic) bond motifs is 3. The molecule has 0 saturated carbocycles. The Morgan fingerprint density at radius 3 is 2.76 bits per heavy atom. The number of halogens is 6. The predicted octanol–water partition coefficient (Wildman–Crippen LogP) is 7.42. The second-order valence-corrected chi connectivity index (χ2v) is 15.7. The highest BCUT2D eigenvalue weighted by Gasteiger charge is 2.49. The van der Waals surface area contributed by atoms with Crippen molar-refractivity contribution in [1.82, 2.24) is 24.8 Å². The normalized spacial score (nSPS) is 21.6. The van der Waals surface area contributed by atoms with Crippen molar-refractivity contribution in [1.29, 1.82) is 5.26 Å². The van der Waals surface area contributed by atoms with Crippen molar-refractivity contribution >= 4 is 60.4 Å². The van der Waals surface area contributed by atoms with E-state index >= 15 is 22.0 Å². The molecule has 2 N–H and O–H groups in total. The predicted molar refractivity (Wildman–Crippen MR) is 192 cm³/mol. The third-order valence-corrected chi connectivity index (χ3v) is 12.6. The molecule has 282 valence electrons. The largest absolute Gasteiger partial charge is 0.461 e. The van der Waals surface area contributed by atoms with E-state index in [0.29, 0.717) is 42.1 Å². The van der Waals surface area contributed by atoms with Gasteiger partial charge in [0.25, 0.3) is 5.91 Å². The zero-order valence-electron chi connectivity index (χ0n) is 28.7. The number of alkyl halides is 4. The number of amides is 1. The van der Waals surface area contributed by atoms with E-state index in [0.717, 1.165) is 24.6 Å². The molecule has 0 aliphatic carbocycles. The van der Waals surface area contributed by atoms with Gasteiger partial charge in [0.1, 0.15) is 45.9 Å². The van der Waals surface area contributed by atoms with Crippen LogP contribution in [0, 0.1) is 23.0 Å². The molecule has 10 nitrogen and oxygen atoms in total. The summed E-state index contributed by atoms with van der Waals surface area (Å²) in [6.07, 6.45) is -2.59. The molecule has 0 bridgehead atoms. The Morgan fingerprint density at radius 1 is 1.22 bits per heavy atom. The Bertz CT molecular complexity index is 2330. The van der Waals surface area contributed by atoms with Crippen LogP contribution in [-0.4, -0.2) is 87.7 Å². The average molecular weight is 787 g/mol. The van der Waals surface area contributed by atoms with Gasteiger partial charge in [0.05, 0.1) is 33.1 Å². The monoisotopic (exact) mass is 786 g/mol. The number of rotatable bonds is 8. The van der Waals surface area contributed by atoms with E-state index in [1.54, 1.807) is 22.2 Å². The van der Waals surface area contributed by atoms with Crippen molar-refractivity contribution in [3.8, 4) is 23.2 Å². The minimum absolute atomic E-state index is 0.0293. The van der Waals surface area contributed by atoms with Gasteiger partial charge in [-0.2, -0.15) is 28.4 Å². The van der Waals surface area contributed by atoms with Crippen LogP contribution in [0.15, 0.2) is 29.9 Å². The minimum Gasteiger partial charge on any atom is -0.461 e. The molecule has 3 aliphatic rings. The first kappa shape index (κ1) is 36.3. The molecule has 3 aromatic heterocycles. The van der Waals surface area contributed by atoms with Gasteiger partial charge in [-0.25, -0.2) is 13.2 Å². The van der Waals surface area contributed by atoms with Gasteiger partial charge in [0.15, 0.2) is 5.82 Å². The number of carbonyl (C=O) groups excluding carboxylic acids is 1. The van der Waals surface area contributed by atoms with E-state index in [2.05, 4.69) is 15.0 Å². The minimum atomic E-state index is -5.13. The van der Waals surface area contributed by atoms with Crippen LogP contribution in [0.1, 0.15) is 53.4 Å². The maximum Gasteiger partial charge on any atom is 0.417 e. The molecule has 3 unspecified atom stereocenters. The third kappa shape index (κ3) is 5.96. The molecule has 3 saturated heterocycles. The Kier molecular flexibility index (Phi) is 9.09. The van der Waals surface area contributed by atoms with Crippen molar-refractivity contribution in [3.63, 3.8) is 0 Å². The fourth-order valence-corrected chi connectivity index (χ4v) is 9.89. The van der Waals surface area contributed by atoms with Crippen LogP contribution < -0.4 is 15.4 Å². The van der Waals surface area contributed by atoms with E-state index in [4.69, 9.17) is 10.5 Å². The van der Waals surface area contributed by atoms with Crippen molar-refractivity contribution in [2.45, 2.75) is 56.5 Å². The van der Waals surface area contributed by atoms with Crippen molar-refractivity contribution in [2.24, 2.45) is 0 Å². The summed E-state index contributed by atoms with van der Waals surface area (Å²) in [6.45, 7) is 3.44. The van der Waals surface area contributed by atoms with E-state index < -0.39 is 52.2 Å². The SMILES string of the molecule is CCN(c1nc(OCC23CCCN2CC(F)C3)nc2c(F)c(-c3ccc(F)c4sc(N)c(C#N)c34)c(C(F)(F)F)cc12)C1CCN(C(=O)c2cncs2)C1. The summed E-state index contributed by atoms with van der Waals surface area (Å²) in [5.41, 5.74) is 3.41. The number of nitriles is 1. The number of ether oxygens (including phenoxy) is 1. The van der Waals surface area contributed by atoms with Crippen molar-refractivity contribution < 1.29 is 35.9 Å². The van der Waals surface area contributed by atoms with Crippen LogP contribution in [-0.2, 0) is 6.18 Å². The van der Waals surface area contributed by atoms with E-state index in [1.165, 1.54) is 17.5 Å². The first-order valence-electron chi connectivity index (χ1n) is 17.3. The number of nitrogen functional groups attached to an aromatic ring is 1. The Morgan fingerprint density at radius 2 is 2.04 bits per heavy atom. The van der Waals surface area contributed by atoms with Gasteiger partial charge in [-0.15, -0.1) is 22.7 Å². The number of anilines is 2. The Balaban J connectivity index is 1.31. The smallest absolute Gasteiger partial charge is 0.417 e. The lowest BCUT2D eigenvalue weighted by Crippen LogP contribution is -2.43. The number of nitrogens with zero attached hydrogens (tertiary/aromatic N) is 7. The standard InChI is InChI=1S/C36H32F6N8O2S2/c1-2-50(19-6-9-48(15-19)33(51)25-13-45-17-53-25)32-21-10-23(36(40,41)42)27(20-4-5-24(38)30-26(20)22(12-43)31(44)54-30)28(39)29(21)46-34(47-32)52-16-35-7-3-8-49(35)14-18(37)11-35/h4-5,10,13,17-19H,2-3,6-9,11,14-16,44H2,1H3. The summed E-state index contributed by atoms with van der Waals surface area (Å²) in [7, 11) is 0. The van der Waals surface area contributed by atoms with Crippen molar-refractivity contribution in [3.05, 3.63) is 57.5 Å². The number of nitrogens with two attached hydrogens (primary N) is 1. The van der Waals surface area contributed by atoms with Crippen LogP contribution in [0.3, 0.4) is 0 Å². The molecule has 3 fully saturated rings. The number of carbonyl (C=O) groups is 1. The molecule has 5 aromatic rings. The summed E-state index contributed by atoms with van der Waals surface area (Å²) < 4.78 is 98.3. The summed E-state index contributed by atoms with van der Waals surface area (Å²) >= 11 is 1.87. The van der Waals surface area contributed by atoms with Gasteiger partial charge in [-0.3, -0.25) is 14.7 Å². The highest BCUT2D eigenvalue weighted by atomic mass is 32.1. The highest BCUT2D eigenvalue weighted by molar-refractivity contribution is 7.23. The summed E-state index contributed by atoms with van der Waals surface area (Å²) in [5, 5.41) is 9.24. The van der Waals surface area contributed by atoms with Gasteiger partial charge < -0.3 is 20.3 Å². The second kappa shape index (κ2) is 13.5. The van der Waals surface area contributed by atoms with Crippen LogP contribution in [0.4, 0.5) is 37.2 Å². The molecule has 8 rings (SSSR count). The fourth-order valence-electron chi connectivity index (χ4n) is 8.36. The molecule has 3 atom stereocenters. The zero-order valence-corrected chi connectivity index (χ0v) is 30.4. The maximum atomic E-state index is 17.3. The number of likely N-dealkylation sites (N-methyl/N-ethyl adjacent to an activating group) is 1. The van der Waals surface area contributed by atoms with Crippen molar-refractivity contribution in [2.75, 3.05) is 50.0 Å². The van der Waals surface area contributed by atoms with Gasteiger partial charge in [0, 0.05) is 55.0 Å². The van der Waals surface area contributed by atoms with E-state index in [9.17, 15) is 14.4 Å². The molecule has 3 aliphatic heterocycles. The lowest BCUT2D eigenvalue weighted by Gasteiger charge is -2.32. The number of thiazole rings is 1. The molecule has 0 radical (unpaired) electrons. The average Bonchev–Trinajstić information content (AvgIpc) is 3.97. The molecule has 54 heavy (non-hydrogen) atoms. The van der Waals surface area contributed by atoms with Crippen LogP contribution in [0.2, 0.25) is 0 Å². The van der Waals surface area contributed by atoms with Gasteiger partial charge >= 0.3 is 12.2 Å². The molecule has 6 heterocycles. The van der Waals surface area contributed by atoms with Gasteiger partial charge in [-0.05, 0) is 50.4 Å². The number of likely N-dealkylation sites (tertiary alicyclic amines) is 1. The first-order chi connectivity index (χ1) is 25.8. The second-order valence-electron chi connectivity index (χ2n) is 13.8. The molecular formula is C36H32F6N8O2S2. The molecular weight excluding hydrogens is 755 g/mol. The van der Waals surface area contributed by atoms with Crippen LogP contribution >= 0.6 is 22.7 Å². The summed E-state index contributed by atoms with van der Waals surface area (Å²) in [6, 6.07) is 3.75. The fraction of sp³-hybridized carbons (Fsp3) is 0.417. The number of aromatic nitrogens is 3. The summed E-state index contributed by atoms with van der Waals surface area (Å²) in [5.74, 6) is -2.49. The van der Waals surface area contributed by atoms with Crippen LogP contribution in [0.5, 0.6) is 6.01 Å². The summed E-state index contributed by atoms with van der Waals surface area (Å²) in [4.78, 5) is 31.9. The quantitative estimate of drug-likeness (QED) is 0.160. The molecule has 1 amide bonds. The van der Waals surface area contributed by atoms with Gasteiger partial charge in [-0.1, -0.05) is 6.07 Å². The van der Waals surface area contributed by atoms with E-state index in [-0.39, 0.29) is 82.0 Å². The lowest BCUT2D eigenvalue weighted by atomic mass is 9.92. The molecule has 0 spiro atoms. The topological polar surface area (TPSA) is 125 Å². The maximum absolute atomic E-state index is 17.3. The molecule has 2 aromatic carbocycles. The third-order valence-electron chi connectivity index (χ3n) is 10.8. The van der Waals surface area contributed by atoms with E-state index in [1.807, 2.05) is 11.0 Å². The number of thiophene rings is 1.